The molecule has 6 heteroatoms. The van der Waals surface area contributed by atoms with Crippen LogP contribution in [0, 0.1) is 0 Å². The quantitative estimate of drug-likeness (QED) is 0.754. The van der Waals surface area contributed by atoms with Crippen molar-refractivity contribution in [1.29, 1.82) is 0 Å². The number of pyridine rings is 1. The van der Waals surface area contributed by atoms with Crippen molar-refractivity contribution in [3.8, 4) is 17.1 Å². The molecule has 3 aromatic rings. The molecule has 6 nitrogen and oxygen atoms in total. The predicted octanol–water partition coefficient (Wildman–Crippen LogP) is 2.60. The molecule has 1 N–H and O–H groups in total. The molecule has 0 aliphatic rings. The van der Waals surface area contributed by atoms with Gasteiger partial charge < -0.3 is 14.6 Å². The average Bonchev–Trinajstić information content (AvgIpc) is 3.09. The summed E-state index contributed by atoms with van der Waals surface area (Å²) in [4.78, 5) is 16.1. The van der Waals surface area contributed by atoms with Crippen molar-refractivity contribution in [2.75, 3.05) is 7.11 Å². The molecule has 0 bridgehead atoms. The summed E-state index contributed by atoms with van der Waals surface area (Å²) in [5.41, 5.74) is 2.23. The third kappa shape index (κ3) is 3.98. The number of rotatable bonds is 6. The number of carbonyl (C=O) groups excluding carboxylic acids is 1. The standard InChI is InChI=1S/C18H17N3O3/c1-23-16-7-4-5-13(9-16)17-10-15(21-24-17)11-18(22)20-12-14-6-2-3-8-19-14/h2-10H,11-12H2,1H3,(H,20,22). The fourth-order valence-electron chi connectivity index (χ4n) is 2.23. The van der Waals surface area contributed by atoms with Crippen molar-refractivity contribution in [2.24, 2.45) is 0 Å². The number of nitrogens with one attached hydrogen (secondary N) is 1. The van der Waals surface area contributed by atoms with Gasteiger partial charge in [-0.1, -0.05) is 23.4 Å². The van der Waals surface area contributed by atoms with Crippen molar-refractivity contribution in [1.82, 2.24) is 15.5 Å². The summed E-state index contributed by atoms with van der Waals surface area (Å²) in [6.45, 7) is 0.389. The number of nitrogens with zero attached hydrogens (tertiary/aromatic N) is 2. The van der Waals surface area contributed by atoms with Crippen LogP contribution in [0.5, 0.6) is 5.75 Å². The Morgan fingerprint density at radius 3 is 2.88 bits per heavy atom. The van der Waals surface area contributed by atoms with E-state index in [-0.39, 0.29) is 12.3 Å². The molecular weight excluding hydrogens is 306 g/mol. The Balaban J connectivity index is 1.60. The van der Waals surface area contributed by atoms with Crippen LogP contribution in [0.1, 0.15) is 11.4 Å². The SMILES string of the molecule is COc1cccc(-c2cc(CC(=O)NCc3ccccn3)no2)c1. The molecule has 24 heavy (non-hydrogen) atoms. The Kier molecular flexibility index (Phi) is 4.86. The van der Waals surface area contributed by atoms with Gasteiger partial charge in [0.1, 0.15) is 5.75 Å². The van der Waals surface area contributed by atoms with Gasteiger partial charge in [-0.05, 0) is 24.3 Å². The Hall–Kier alpha value is -3.15. The van der Waals surface area contributed by atoms with Crippen LogP contribution in [0.4, 0.5) is 0 Å². The maximum atomic E-state index is 12.0. The van der Waals surface area contributed by atoms with Crippen LogP contribution in [0.2, 0.25) is 0 Å². The van der Waals surface area contributed by atoms with E-state index < -0.39 is 0 Å². The molecule has 0 radical (unpaired) electrons. The molecule has 3 rings (SSSR count). The molecule has 0 aliphatic carbocycles. The van der Waals surface area contributed by atoms with Crippen LogP contribution in [-0.2, 0) is 17.8 Å². The summed E-state index contributed by atoms with van der Waals surface area (Å²) < 4.78 is 10.5. The van der Waals surface area contributed by atoms with Gasteiger partial charge in [0.2, 0.25) is 5.91 Å². The van der Waals surface area contributed by atoms with Crippen LogP contribution in [-0.4, -0.2) is 23.2 Å². The lowest BCUT2D eigenvalue weighted by Crippen LogP contribution is -2.25. The Labute approximate surface area is 139 Å². The highest BCUT2D eigenvalue weighted by Gasteiger charge is 2.11. The number of benzene rings is 1. The summed E-state index contributed by atoms with van der Waals surface area (Å²) in [6, 6.07) is 14.8. The summed E-state index contributed by atoms with van der Waals surface area (Å²) in [5.74, 6) is 1.20. The first-order chi connectivity index (χ1) is 11.7. The minimum Gasteiger partial charge on any atom is -0.497 e. The second-order valence-corrected chi connectivity index (χ2v) is 5.19. The molecule has 2 heterocycles. The molecule has 1 amide bonds. The minimum absolute atomic E-state index is 0.133. The van der Waals surface area contributed by atoms with E-state index >= 15 is 0 Å². The molecule has 0 atom stereocenters. The number of carbonyl (C=O) groups is 1. The van der Waals surface area contributed by atoms with Gasteiger partial charge in [0.05, 0.1) is 31.5 Å². The van der Waals surface area contributed by atoms with E-state index in [0.29, 0.717) is 18.0 Å². The van der Waals surface area contributed by atoms with Crippen molar-refractivity contribution in [3.05, 3.63) is 66.1 Å². The summed E-state index contributed by atoms with van der Waals surface area (Å²) >= 11 is 0. The highest BCUT2D eigenvalue weighted by atomic mass is 16.5. The van der Waals surface area contributed by atoms with E-state index in [1.807, 2.05) is 42.5 Å². The van der Waals surface area contributed by atoms with Crippen molar-refractivity contribution in [3.63, 3.8) is 0 Å². The van der Waals surface area contributed by atoms with Gasteiger partial charge >= 0.3 is 0 Å². The molecule has 0 fully saturated rings. The van der Waals surface area contributed by atoms with Crippen LogP contribution in [0.15, 0.2) is 59.3 Å². The zero-order valence-corrected chi connectivity index (χ0v) is 13.2. The predicted molar refractivity (Wildman–Crippen MR) is 88.3 cm³/mol. The van der Waals surface area contributed by atoms with E-state index in [0.717, 1.165) is 17.0 Å². The molecule has 0 saturated carbocycles. The fourth-order valence-corrected chi connectivity index (χ4v) is 2.23. The van der Waals surface area contributed by atoms with E-state index in [1.54, 1.807) is 19.4 Å². The molecule has 122 valence electrons. The van der Waals surface area contributed by atoms with Crippen LogP contribution < -0.4 is 10.1 Å². The Morgan fingerprint density at radius 1 is 1.17 bits per heavy atom. The summed E-state index contributed by atoms with van der Waals surface area (Å²) in [6.07, 6.45) is 1.85. The fraction of sp³-hybridized carbons (Fsp3) is 0.167. The summed E-state index contributed by atoms with van der Waals surface area (Å²) in [7, 11) is 1.61. The maximum Gasteiger partial charge on any atom is 0.226 e. The van der Waals surface area contributed by atoms with Gasteiger partial charge in [0.25, 0.3) is 0 Å². The number of hydrogen-bond acceptors (Lipinski definition) is 5. The maximum absolute atomic E-state index is 12.0. The van der Waals surface area contributed by atoms with Crippen molar-refractivity contribution in [2.45, 2.75) is 13.0 Å². The largest absolute Gasteiger partial charge is 0.497 e. The van der Waals surface area contributed by atoms with E-state index in [2.05, 4.69) is 15.5 Å². The molecule has 0 saturated heterocycles. The van der Waals surface area contributed by atoms with Crippen molar-refractivity contribution >= 4 is 5.91 Å². The lowest BCUT2D eigenvalue weighted by molar-refractivity contribution is -0.120. The molecular formula is C18H17N3O3. The number of ether oxygens (including phenoxy) is 1. The number of amides is 1. The van der Waals surface area contributed by atoms with Crippen LogP contribution >= 0.6 is 0 Å². The van der Waals surface area contributed by atoms with Crippen LogP contribution in [0.25, 0.3) is 11.3 Å². The van der Waals surface area contributed by atoms with Crippen molar-refractivity contribution < 1.29 is 14.1 Å². The lowest BCUT2D eigenvalue weighted by atomic mass is 10.1. The zero-order chi connectivity index (χ0) is 16.8. The third-order valence-electron chi connectivity index (χ3n) is 3.45. The second-order valence-electron chi connectivity index (χ2n) is 5.19. The van der Waals surface area contributed by atoms with Gasteiger partial charge in [-0.3, -0.25) is 9.78 Å². The highest BCUT2D eigenvalue weighted by Crippen LogP contribution is 2.24. The first-order valence-electron chi connectivity index (χ1n) is 7.51. The van der Waals surface area contributed by atoms with E-state index in [9.17, 15) is 4.79 Å². The first kappa shape index (κ1) is 15.7. The number of aromatic nitrogens is 2. The normalized spacial score (nSPS) is 10.4. The topological polar surface area (TPSA) is 77.2 Å². The van der Waals surface area contributed by atoms with Gasteiger partial charge in [-0.25, -0.2) is 0 Å². The van der Waals surface area contributed by atoms with E-state index in [4.69, 9.17) is 9.26 Å². The molecule has 0 aliphatic heterocycles. The first-order valence-corrected chi connectivity index (χ1v) is 7.51. The zero-order valence-electron chi connectivity index (χ0n) is 13.2. The Morgan fingerprint density at radius 2 is 2.08 bits per heavy atom. The second kappa shape index (κ2) is 7.41. The number of hydrogen-bond donors (Lipinski definition) is 1. The van der Waals surface area contributed by atoms with Gasteiger partial charge in [-0.15, -0.1) is 0 Å². The Bertz CT molecular complexity index is 815. The van der Waals surface area contributed by atoms with Crippen LogP contribution in [0.3, 0.4) is 0 Å². The van der Waals surface area contributed by atoms with Gasteiger partial charge in [-0.2, -0.15) is 0 Å². The minimum atomic E-state index is -0.133. The number of methoxy groups -OCH3 is 1. The lowest BCUT2D eigenvalue weighted by Gasteiger charge is -2.02. The molecule has 0 unspecified atom stereocenters. The van der Waals surface area contributed by atoms with Gasteiger partial charge in [0.15, 0.2) is 5.76 Å². The summed E-state index contributed by atoms with van der Waals surface area (Å²) in [5, 5.41) is 6.76. The highest BCUT2D eigenvalue weighted by molar-refractivity contribution is 5.78. The molecule has 0 spiro atoms. The molecule has 2 aromatic heterocycles. The molecule has 1 aromatic carbocycles. The average molecular weight is 323 g/mol. The van der Waals surface area contributed by atoms with Gasteiger partial charge in [0, 0.05) is 17.8 Å². The monoisotopic (exact) mass is 323 g/mol. The smallest absolute Gasteiger partial charge is 0.226 e. The third-order valence-corrected chi connectivity index (χ3v) is 3.45. The van der Waals surface area contributed by atoms with E-state index in [1.165, 1.54) is 0 Å².